The highest BCUT2D eigenvalue weighted by Crippen LogP contribution is 2.23. The van der Waals surface area contributed by atoms with Crippen LogP contribution in [0.5, 0.6) is 5.75 Å². The molecule has 0 unspecified atom stereocenters. The first-order chi connectivity index (χ1) is 13.8. The molecule has 0 saturated carbocycles. The van der Waals surface area contributed by atoms with Crippen molar-refractivity contribution in [2.75, 3.05) is 17.1 Å². The summed E-state index contributed by atoms with van der Waals surface area (Å²) in [5, 5.41) is 3.21. The largest absolute Gasteiger partial charge is 0.497 e. The van der Waals surface area contributed by atoms with E-state index >= 15 is 0 Å². The predicted molar refractivity (Wildman–Crippen MR) is 114 cm³/mol. The van der Waals surface area contributed by atoms with Crippen LogP contribution in [-0.2, 0) is 10.0 Å². The maximum Gasteiger partial charge on any atom is 0.261 e. The van der Waals surface area contributed by atoms with Gasteiger partial charge in [0.05, 0.1) is 17.7 Å². The van der Waals surface area contributed by atoms with Crippen molar-refractivity contribution in [3.63, 3.8) is 0 Å². The van der Waals surface area contributed by atoms with Crippen molar-refractivity contribution in [1.82, 2.24) is 0 Å². The van der Waals surface area contributed by atoms with E-state index in [0.29, 0.717) is 33.3 Å². The number of hydrogen-bond donors (Lipinski definition) is 2. The molecule has 29 heavy (non-hydrogen) atoms. The Balaban J connectivity index is 1.81. The van der Waals surface area contributed by atoms with E-state index in [0.717, 1.165) is 0 Å². The zero-order valence-electron chi connectivity index (χ0n) is 15.8. The van der Waals surface area contributed by atoms with Crippen LogP contribution in [0.15, 0.2) is 71.6 Å². The Hall–Kier alpha value is -3.03. The molecule has 0 spiro atoms. The third kappa shape index (κ3) is 5.07. The normalized spacial score (nSPS) is 11.0. The zero-order chi connectivity index (χ0) is 21.0. The average molecular weight is 431 g/mol. The molecule has 0 aliphatic carbocycles. The number of hydrogen-bond acceptors (Lipinski definition) is 4. The van der Waals surface area contributed by atoms with Crippen molar-refractivity contribution in [2.24, 2.45) is 0 Å². The van der Waals surface area contributed by atoms with E-state index in [1.54, 1.807) is 50.4 Å². The lowest BCUT2D eigenvalue weighted by Gasteiger charge is -2.13. The molecule has 150 valence electrons. The van der Waals surface area contributed by atoms with Crippen LogP contribution in [0.1, 0.15) is 15.9 Å². The molecule has 1 amide bonds. The van der Waals surface area contributed by atoms with Crippen LogP contribution in [0, 0.1) is 6.92 Å². The highest BCUT2D eigenvalue weighted by molar-refractivity contribution is 7.92. The molecule has 0 aromatic heterocycles. The Bertz CT molecular complexity index is 1130. The van der Waals surface area contributed by atoms with Crippen LogP contribution in [0.25, 0.3) is 0 Å². The molecule has 8 heteroatoms. The lowest BCUT2D eigenvalue weighted by atomic mass is 10.1. The molecule has 6 nitrogen and oxygen atoms in total. The Morgan fingerprint density at radius 2 is 1.62 bits per heavy atom. The fourth-order valence-electron chi connectivity index (χ4n) is 2.57. The molecule has 0 aliphatic rings. The van der Waals surface area contributed by atoms with Gasteiger partial charge in [0.25, 0.3) is 15.9 Å². The maximum atomic E-state index is 12.6. The minimum absolute atomic E-state index is 0.0781. The fraction of sp³-hybridized carbons (Fsp3) is 0.0952. The molecule has 2 N–H and O–H groups in total. The molecule has 3 aromatic carbocycles. The van der Waals surface area contributed by atoms with E-state index in [-0.39, 0.29) is 10.8 Å². The SMILES string of the molecule is COc1ccc(NC(=O)c2ccc(C)c(NS(=O)(=O)c3ccc(Cl)cc3)c2)cc1. The van der Waals surface area contributed by atoms with Gasteiger partial charge in [-0.3, -0.25) is 9.52 Å². The van der Waals surface area contributed by atoms with E-state index in [9.17, 15) is 13.2 Å². The van der Waals surface area contributed by atoms with Crippen molar-refractivity contribution in [3.8, 4) is 5.75 Å². The van der Waals surface area contributed by atoms with Gasteiger partial charge in [0.1, 0.15) is 5.75 Å². The highest BCUT2D eigenvalue weighted by Gasteiger charge is 2.17. The number of aryl methyl sites for hydroxylation is 1. The summed E-state index contributed by atoms with van der Waals surface area (Å²) in [6.45, 7) is 1.75. The van der Waals surface area contributed by atoms with Crippen LogP contribution in [0.4, 0.5) is 11.4 Å². The summed E-state index contributed by atoms with van der Waals surface area (Å²) in [6, 6.07) is 17.6. The first-order valence-corrected chi connectivity index (χ1v) is 10.5. The molecule has 0 saturated heterocycles. The molecular weight excluding hydrogens is 412 g/mol. The topological polar surface area (TPSA) is 84.5 Å². The number of rotatable bonds is 6. The van der Waals surface area contributed by atoms with E-state index in [4.69, 9.17) is 16.3 Å². The van der Waals surface area contributed by atoms with Crippen molar-refractivity contribution in [2.45, 2.75) is 11.8 Å². The van der Waals surface area contributed by atoms with E-state index in [2.05, 4.69) is 10.0 Å². The standard InChI is InChI=1S/C21H19ClN2O4S/c1-14-3-4-15(21(25)23-17-7-9-18(28-2)10-8-17)13-20(14)24-29(26,27)19-11-5-16(22)6-12-19/h3-13,24H,1-2H3,(H,23,25). The van der Waals surface area contributed by atoms with Crippen LogP contribution in [0.2, 0.25) is 5.02 Å². The monoisotopic (exact) mass is 430 g/mol. The van der Waals surface area contributed by atoms with Crippen LogP contribution < -0.4 is 14.8 Å². The van der Waals surface area contributed by atoms with Crippen LogP contribution >= 0.6 is 11.6 Å². The second kappa shape index (κ2) is 8.55. The summed E-state index contributed by atoms with van der Waals surface area (Å²) in [5.74, 6) is 0.319. The number of methoxy groups -OCH3 is 1. The Morgan fingerprint density at radius 3 is 2.24 bits per heavy atom. The molecule has 0 atom stereocenters. The number of sulfonamides is 1. The predicted octanol–water partition coefficient (Wildman–Crippen LogP) is 4.71. The van der Waals surface area contributed by atoms with E-state index in [1.165, 1.54) is 30.3 Å². The Kier molecular flexibility index (Phi) is 6.10. The summed E-state index contributed by atoms with van der Waals surface area (Å²) in [6.07, 6.45) is 0. The van der Waals surface area contributed by atoms with Gasteiger partial charge in [-0.25, -0.2) is 8.42 Å². The first-order valence-electron chi connectivity index (χ1n) is 8.63. The van der Waals surface area contributed by atoms with Gasteiger partial charge in [0.2, 0.25) is 0 Å². The van der Waals surface area contributed by atoms with Gasteiger partial charge >= 0.3 is 0 Å². The van der Waals surface area contributed by atoms with E-state index in [1.807, 2.05) is 0 Å². The van der Waals surface area contributed by atoms with Crippen molar-refractivity contribution in [1.29, 1.82) is 0 Å². The smallest absolute Gasteiger partial charge is 0.261 e. The van der Waals surface area contributed by atoms with Gasteiger partial charge in [-0.2, -0.15) is 0 Å². The molecule has 0 heterocycles. The van der Waals surface area contributed by atoms with Gasteiger partial charge in [-0.1, -0.05) is 17.7 Å². The molecular formula is C21H19ClN2O4S. The average Bonchev–Trinajstić information content (AvgIpc) is 2.70. The summed E-state index contributed by atoms with van der Waals surface area (Å²) in [4.78, 5) is 12.6. The van der Waals surface area contributed by atoms with Crippen LogP contribution in [-0.4, -0.2) is 21.4 Å². The fourth-order valence-corrected chi connectivity index (χ4v) is 3.82. The minimum atomic E-state index is -3.82. The van der Waals surface area contributed by atoms with E-state index < -0.39 is 10.0 Å². The molecule has 3 rings (SSSR count). The molecule has 0 fully saturated rings. The lowest BCUT2D eigenvalue weighted by molar-refractivity contribution is 0.102. The summed E-state index contributed by atoms with van der Waals surface area (Å²) in [5.41, 5.74) is 1.92. The maximum absolute atomic E-state index is 12.6. The number of carbonyl (C=O) groups excluding carboxylic acids is 1. The third-order valence-electron chi connectivity index (χ3n) is 4.22. The van der Waals surface area contributed by atoms with Crippen LogP contribution in [0.3, 0.4) is 0 Å². The van der Waals surface area contributed by atoms with Crippen molar-refractivity contribution in [3.05, 3.63) is 82.9 Å². The number of ether oxygens (including phenoxy) is 1. The second-order valence-corrected chi connectivity index (χ2v) is 8.39. The number of nitrogens with one attached hydrogen (secondary N) is 2. The summed E-state index contributed by atoms with van der Waals surface area (Å²) < 4.78 is 32.9. The number of halogens is 1. The number of benzene rings is 3. The highest BCUT2D eigenvalue weighted by atomic mass is 35.5. The van der Waals surface area contributed by atoms with Gasteiger partial charge in [-0.05, 0) is 73.2 Å². The summed E-state index contributed by atoms with van der Waals surface area (Å²) >= 11 is 5.82. The van der Waals surface area contributed by atoms with Gasteiger partial charge < -0.3 is 10.1 Å². The number of amides is 1. The molecule has 0 bridgehead atoms. The van der Waals surface area contributed by atoms with Gasteiger partial charge in [0, 0.05) is 16.3 Å². The minimum Gasteiger partial charge on any atom is -0.497 e. The van der Waals surface area contributed by atoms with Gasteiger partial charge in [-0.15, -0.1) is 0 Å². The second-order valence-electron chi connectivity index (χ2n) is 6.27. The van der Waals surface area contributed by atoms with Crippen molar-refractivity contribution >= 4 is 38.9 Å². The molecule has 3 aromatic rings. The van der Waals surface area contributed by atoms with Gasteiger partial charge in [0.15, 0.2) is 0 Å². The summed E-state index contributed by atoms with van der Waals surface area (Å²) in [7, 11) is -2.25. The third-order valence-corrected chi connectivity index (χ3v) is 5.85. The lowest BCUT2D eigenvalue weighted by Crippen LogP contribution is -2.16. The first kappa shape index (κ1) is 20.7. The Labute approximate surface area is 174 Å². The number of anilines is 2. The molecule has 0 aliphatic heterocycles. The zero-order valence-corrected chi connectivity index (χ0v) is 17.3. The van der Waals surface area contributed by atoms with Crippen molar-refractivity contribution < 1.29 is 17.9 Å². The quantitative estimate of drug-likeness (QED) is 0.593. The molecule has 0 radical (unpaired) electrons. The number of carbonyl (C=O) groups is 1. The Morgan fingerprint density at radius 1 is 0.966 bits per heavy atom.